The van der Waals surface area contributed by atoms with Gasteiger partial charge < -0.3 is 5.11 Å². The van der Waals surface area contributed by atoms with Crippen LogP contribution in [-0.4, -0.2) is 14.9 Å². The van der Waals surface area contributed by atoms with Crippen molar-refractivity contribution < 1.29 is 5.11 Å². The lowest BCUT2D eigenvalue weighted by Gasteiger charge is -2.04. The molecule has 1 N–H and O–H groups in total. The van der Waals surface area contributed by atoms with Crippen molar-refractivity contribution in [1.29, 1.82) is 0 Å². The van der Waals surface area contributed by atoms with Gasteiger partial charge in [0.1, 0.15) is 6.10 Å². The fourth-order valence-corrected chi connectivity index (χ4v) is 2.89. The zero-order valence-electron chi connectivity index (χ0n) is 9.90. The molecule has 3 nitrogen and oxygen atoms in total. The Hall–Kier alpha value is -1.62. The second-order valence-electron chi connectivity index (χ2n) is 4.07. The van der Waals surface area contributed by atoms with E-state index in [1.165, 1.54) is 11.3 Å². The molecule has 0 aliphatic heterocycles. The van der Waals surface area contributed by atoms with Crippen LogP contribution < -0.4 is 0 Å². The second-order valence-corrected chi connectivity index (χ2v) is 5.81. The molecule has 96 valence electrons. The Morgan fingerprint density at radius 2 is 1.89 bits per heavy atom. The minimum atomic E-state index is -0.734. The lowest BCUT2D eigenvalue weighted by Crippen LogP contribution is -2.01. The summed E-state index contributed by atoms with van der Waals surface area (Å²) < 4.78 is 2.41. The number of aliphatic hydroxyl groups is 1. The summed E-state index contributed by atoms with van der Waals surface area (Å²) in [7, 11) is 0. The lowest BCUT2D eigenvalue weighted by molar-refractivity contribution is 0.218. The molecule has 1 atom stereocenters. The predicted molar refractivity (Wildman–Crippen MR) is 77.0 cm³/mol. The molecule has 3 rings (SSSR count). The van der Waals surface area contributed by atoms with Crippen LogP contribution in [0.15, 0.2) is 54.7 Å². The number of hydrogen-bond donors (Lipinski definition) is 1. The quantitative estimate of drug-likeness (QED) is 0.799. The van der Waals surface area contributed by atoms with E-state index in [1.54, 1.807) is 10.7 Å². The van der Waals surface area contributed by atoms with Gasteiger partial charge in [0, 0.05) is 11.1 Å². The van der Waals surface area contributed by atoms with Crippen LogP contribution in [0, 0.1) is 0 Å². The first-order chi connectivity index (χ1) is 9.24. The molecule has 0 saturated carbocycles. The van der Waals surface area contributed by atoms with Crippen molar-refractivity contribution in [3.05, 3.63) is 69.6 Å². The Kier molecular flexibility index (Phi) is 3.38. The number of hydrogen-bond acceptors (Lipinski definition) is 3. The Morgan fingerprint density at radius 3 is 2.58 bits per heavy atom. The van der Waals surface area contributed by atoms with Gasteiger partial charge in [-0.1, -0.05) is 29.8 Å². The van der Waals surface area contributed by atoms with E-state index in [0.29, 0.717) is 10.0 Å². The Balaban J connectivity index is 1.89. The van der Waals surface area contributed by atoms with Crippen LogP contribution in [0.4, 0.5) is 0 Å². The molecular weight excluding hydrogens is 280 g/mol. The number of benzene rings is 1. The summed E-state index contributed by atoms with van der Waals surface area (Å²) in [4.78, 5) is 0.795. The van der Waals surface area contributed by atoms with Crippen molar-refractivity contribution in [2.24, 2.45) is 0 Å². The van der Waals surface area contributed by atoms with Crippen molar-refractivity contribution in [2.45, 2.75) is 6.10 Å². The summed E-state index contributed by atoms with van der Waals surface area (Å²) in [6.45, 7) is 0. The topological polar surface area (TPSA) is 38.0 Å². The molecule has 1 aromatic carbocycles. The molecule has 0 spiro atoms. The number of thiophene rings is 1. The molecule has 0 saturated heterocycles. The van der Waals surface area contributed by atoms with Crippen molar-refractivity contribution in [1.82, 2.24) is 9.78 Å². The highest BCUT2D eigenvalue weighted by Crippen LogP contribution is 2.30. The first-order valence-electron chi connectivity index (χ1n) is 5.78. The zero-order valence-corrected chi connectivity index (χ0v) is 11.5. The first-order valence-corrected chi connectivity index (χ1v) is 6.98. The van der Waals surface area contributed by atoms with E-state index >= 15 is 0 Å². The summed E-state index contributed by atoms with van der Waals surface area (Å²) in [5.74, 6) is 0. The third-order valence-electron chi connectivity index (χ3n) is 2.77. The third kappa shape index (κ3) is 2.56. The van der Waals surface area contributed by atoms with E-state index in [1.807, 2.05) is 48.7 Å². The molecule has 1 unspecified atom stereocenters. The minimum absolute atomic E-state index is 0.613. The van der Waals surface area contributed by atoms with Gasteiger partial charge in [0.25, 0.3) is 0 Å². The molecule has 0 fully saturated rings. The Morgan fingerprint density at radius 1 is 1.11 bits per heavy atom. The van der Waals surface area contributed by atoms with Gasteiger partial charge in [-0.3, -0.25) is 0 Å². The van der Waals surface area contributed by atoms with Gasteiger partial charge in [-0.15, -0.1) is 11.3 Å². The monoisotopic (exact) mass is 290 g/mol. The van der Waals surface area contributed by atoms with Crippen LogP contribution in [0.2, 0.25) is 4.34 Å². The Labute approximate surface area is 119 Å². The van der Waals surface area contributed by atoms with E-state index in [0.717, 1.165) is 10.6 Å². The maximum Gasteiger partial charge on any atom is 0.132 e. The normalized spacial score (nSPS) is 12.5. The maximum absolute atomic E-state index is 10.2. The molecular formula is C14H11ClN2OS. The van der Waals surface area contributed by atoms with Gasteiger partial charge in [0.15, 0.2) is 0 Å². The number of nitrogens with zero attached hydrogens (tertiary/aromatic N) is 2. The number of para-hydroxylation sites is 1. The molecule has 5 heteroatoms. The average molecular weight is 291 g/mol. The van der Waals surface area contributed by atoms with E-state index in [4.69, 9.17) is 11.6 Å². The van der Waals surface area contributed by atoms with Gasteiger partial charge in [0.05, 0.1) is 15.7 Å². The first kappa shape index (κ1) is 12.4. The third-order valence-corrected chi connectivity index (χ3v) is 4.06. The van der Waals surface area contributed by atoms with Crippen LogP contribution in [-0.2, 0) is 0 Å². The highest BCUT2D eigenvalue weighted by molar-refractivity contribution is 7.16. The fourth-order valence-electron chi connectivity index (χ4n) is 1.83. The molecule has 19 heavy (non-hydrogen) atoms. The highest BCUT2D eigenvalue weighted by atomic mass is 35.5. The van der Waals surface area contributed by atoms with Crippen LogP contribution in [0.5, 0.6) is 0 Å². The van der Waals surface area contributed by atoms with E-state index in [2.05, 4.69) is 5.10 Å². The molecule has 0 bridgehead atoms. The second kappa shape index (κ2) is 5.17. The van der Waals surface area contributed by atoms with Gasteiger partial charge in [0.2, 0.25) is 0 Å². The maximum atomic E-state index is 10.2. The van der Waals surface area contributed by atoms with Gasteiger partial charge in [-0.2, -0.15) is 5.10 Å². The molecule has 0 aliphatic rings. The summed E-state index contributed by atoms with van der Waals surface area (Å²) in [5, 5.41) is 14.6. The SMILES string of the molecule is OC(c1ccn(-c2ccccc2)n1)c1ccc(Cl)s1. The number of aliphatic hydroxyl groups excluding tert-OH is 1. The molecule has 0 aliphatic carbocycles. The summed E-state index contributed by atoms with van der Waals surface area (Å²) >= 11 is 7.24. The molecule has 0 amide bonds. The summed E-state index contributed by atoms with van der Waals surface area (Å²) in [6, 6.07) is 15.2. The van der Waals surface area contributed by atoms with Gasteiger partial charge in [-0.25, -0.2) is 4.68 Å². The smallest absolute Gasteiger partial charge is 0.132 e. The highest BCUT2D eigenvalue weighted by Gasteiger charge is 2.15. The summed E-state index contributed by atoms with van der Waals surface area (Å²) in [5.41, 5.74) is 1.58. The summed E-state index contributed by atoms with van der Waals surface area (Å²) in [6.07, 6.45) is 1.10. The number of halogens is 1. The molecule has 2 heterocycles. The van der Waals surface area contributed by atoms with Gasteiger partial charge >= 0.3 is 0 Å². The fraction of sp³-hybridized carbons (Fsp3) is 0.0714. The standard InChI is InChI=1S/C14H11ClN2OS/c15-13-7-6-12(19-13)14(18)11-8-9-17(16-11)10-4-2-1-3-5-10/h1-9,14,18H. The van der Waals surface area contributed by atoms with Crippen LogP contribution >= 0.6 is 22.9 Å². The van der Waals surface area contributed by atoms with Crippen LogP contribution in [0.3, 0.4) is 0 Å². The largest absolute Gasteiger partial charge is 0.381 e. The molecule has 3 aromatic rings. The van der Waals surface area contributed by atoms with Crippen molar-refractivity contribution in [2.75, 3.05) is 0 Å². The zero-order chi connectivity index (χ0) is 13.2. The van der Waals surface area contributed by atoms with E-state index in [-0.39, 0.29) is 0 Å². The van der Waals surface area contributed by atoms with Crippen LogP contribution in [0.25, 0.3) is 5.69 Å². The van der Waals surface area contributed by atoms with E-state index in [9.17, 15) is 5.11 Å². The van der Waals surface area contributed by atoms with E-state index < -0.39 is 6.10 Å². The lowest BCUT2D eigenvalue weighted by atomic mass is 10.2. The predicted octanol–water partition coefficient (Wildman–Crippen LogP) is 3.67. The number of rotatable bonds is 3. The van der Waals surface area contributed by atoms with Crippen molar-refractivity contribution >= 4 is 22.9 Å². The Bertz CT molecular complexity index is 678. The van der Waals surface area contributed by atoms with Crippen LogP contribution in [0.1, 0.15) is 16.7 Å². The van der Waals surface area contributed by atoms with Gasteiger partial charge in [-0.05, 0) is 30.3 Å². The van der Waals surface area contributed by atoms with Crippen molar-refractivity contribution in [3.63, 3.8) is 0 Å². The molecule has 2 aromatic heterocycles. The number of aromatic nitrogens is 2. The minimum Gasteiger partial charge on any atom is -0.381 e. The average Bonchev–Trinajstić information content (AvgIpc) is 3.08. The van der Waals surface area contributed by atoms with Crippen molar-refractivity contribution in [3.8, 4) is 5.69 Å². The molecule has 0 radical (unpaired) electrons.